The molecule has 0 bridgehead atoms. The zero-order chi connectivity index (χ0) is 13.0. The summed E-state index contributed by atoms with van der Waals surface area (Å²) in [6, 6.07) is 5.02. The number of benzene rings is 1. The van der Waals surface area contributed by atoms with Crippen molar-refractivity contribution in [2.75, 3.05) is 5.32 Å². The summed E-state index contributed by atoms with van der Waals surface area (Å²) in [4.78, 5) is 4.14. The van der Waals surface area contributed by atoms with Crippen molar-refractivity contribution in [3.05, 3.63) is 40.3 Å². The normalized spacial score (nSPS) is 10.7. The molecular weight excluding hydrogens is 258 g/mol. The van der Waals surface area contributed by atoms with Crippen LogP contribution in [0.3, 0.4) is 0 Å². The highest BCUT2D eigenvalue weighted by atomic mass is 32.1. The van der Waals surface area contributed by atoms with Crippen LogP contribution in [0.15, 0.2) is 29.1 Å². The molecule has 2 aromatic rings. The van der Waals surface area contributed by atoms with Crippen LogP contribution in [0.2, 0.25) is 0 Å². The standard InChI is InChI=1S/C12H12F2N2OS/c1-8-10(15-5-9-6-18-7-16-9)3-2-4-11(8)17-12(13)14/h2-4,6-7,12,15H,5H2,1H3. The van der Waals surface area contributed by atoms with Gasteiger partial charge in [-0.25, -0.2) is 4.98 Å². The number of hydrogen-bond donors (Lipinski definition) is 1. The number of thiazole rings is 1. The molecular formula is C12H12F2N2OS. The van der Waals surface area contributed by atoms with Crippen LogP contribution in [-0.2, 0) is 6.54 Å². The molecule has 6 heteroatoms. The Kier molecular flexibility index (Phi) is 4.09. The van der Waals surface area contributed by atoms with E-state index in [1.54, 1.807) is 18.5 Å². The lowest BCUT2D eigenvalue weighted by Gasteiger charge is -2.13. The zero-order valence-corrected chi connectivity index (χ0v) is 10.5. The van der Waals surface area contributed by atoms with Crippen LogP contribution < -0.4 is 10.1 Å². The minimum absolute atomic E-state index is 0.188. The van der Waals surface area contributed by atoms with Gasteiger partial charge in [0.25, 0.3) is 0 Å². The first-order valence-corrected chi connectivity index (χ1v) is 6.26. The summed E-state index contributed by atoms with van der Waals surface area (Å²) in [6.07, 6.45) is 0. The van der Waals surface area contributed by atoms with Crippen molar-refractivity contribution in [1.82, 2.24) is 4.98 Å². The number of nitrogens with one attached hydrogen (secondary N) is 1. The monoisotopic (exact) mass is 270 g/mol. The van der Waals surface area contributed by atoms with Crippen LogP contribution in [0.5, 0.6) is 5.75 Å². The molecule has 0 aliphatic rings. The summed E-state index contributed by atoms with van der Waals surface area (Å²) in [5.74, 6) is 0.188. The SMILES string of the molecule is Cc1c(NCc2cscn2)cccc1OC(F)F. The summed E-state index contributed by atoms with van der Waals surface area (Å²) in [7, 11) is 0. The molecule has 0 amide bonds. The third-order valence-electron chi connectivity index (χ3n) is 2.44. The maximum atomic E-state index is 12.2. The highest BCUT2D eigenvalue weighted by Gasteiger charge is 2.09. The molecule has 0 saturated carbocycles. The Hall–Kier alpha value is -1.69. The number of rotatable bonds is 5. The number of hydrogen-bond acceptors (Lipinski definition) is 4. The summed E-state index contributed by atoms with van der Waals surface area (Å²) in [5.41, 5.74) is 4.09. The Labute approximate surface area is 107 Å². The molecule has 18 heavy (non-hydrogen) atoms. The number of ether oxygens (including phenoxy) is 1. The lowest BCUT2D eigenvalue weighted by molar-refractivity contribution is -0.0502. The number of anilines is 1. The number of nitrogens with zero attached hydrogens (tertiary/aromatic N) is 1. The molecule has 0 radical (unpaired) electrons. The average Bonchev–Trinajstić information content (AvgIpc) is 2.83. The van der Waals surface area contributed by atoms with Gasteiger partial charge >= 0.3 is 6.61 Å². The van der Waals surface area contributed by atoms with E-state index in [1.165, 1.54) is 17.4 Å². The number of aromatic nitrogens is 1. The Morgan fingerprint density at radius 3 is 2.94 bits per heavy atom. The van der Waals surface area contributed by atoms with Crippen LogP contribution in [0.1, 0.15) is 11.3 Å². The Bertz CT molecular complexity index is 503. The fraction of sp³-hybridized carbons (Fsp3) is 0.250. The second-order valence-electron chi connectivity index (χ2n) is 3.64. The van der Waals surface area contributed by atoms with Crippen LogP contribution in [0.25, 0.3) is 0 Å². The first kappa shape index (κ1) is 12.8. The summed E-state index contributed by atoms with van der Waals surface area (Å²) >= 11 is 1.52. The van der Waals surface area contributed by atoms with Gasteiger partial charge in [0.15, 0.2) is 0 Å². The van der Waals surface area contributed by atoms with Crippen LogP contribution >= 0.6 is 11.3 Å². The van der Waals surface area contributed by atoms with Gasteiger partial charge in [-0.2, -0.15) is 8.78 Å². The van der Waals surface area contributed by atoms with Crippen LogP contribution in [-0.4, -0.2) is 11.6 Å². The predicted molar refractivity (Wildman–Crippen MR) is 67.3 cm³/mol. The molecule has 1 N–H and O–H groups in total. The molecule has 0 fully saturated rings. The Morgan fingerprint density at radius 2 is 2.28 bits per heavy atom. The van der Waals surface area contributed by atoms with E-state index in [0.717, 1.165) is 11.4 Å². The van der Waals surface area contributed by atoms with Gasteiger partial charge in [0.1, 0.15) is 5.75 Å². The molecule has 0 spiro atoms. The van der Waals surface area contributed by atoms with Gasteiger partial charge in [0.2, 0.25) is 0 Å². The van der Waals surface area contributed by atoms with Gasteiger partial charge in [0, 0.05) is 16.6 Å². The second-order valence-corrected chi connectivity index (χ2v) is 4.36. The van der Waals surface area contributed by atoms with E-state index in [4.69, 9.17) is 0 Å². The maximum absolute atomic E-state index is 12.2. The highest BCUT2D eigenvalue weighted by Crippen LogP contribution is 2.27. The molecule has 0 unspecified atom stereocenters. The van der Waals surface area contributed by atoms with Gasteiger partial charge in [-0.15, -0.1) is 11.3 Å². The third-order valence-corrected chi connectivity index (χ3v) is 3.08. The summed E-state index contributed by atoms with van der Waals surface area (Å²) < 4.78 is 28.8. The van der Waals surface area contributed by atoms with E-state index < -0.39 is 6.61 Å². The Morgan fingerprint density at radius 1 is 1.44 bits per heavy atom. The minimum atomic E-state index is -2.81. The highest BCUT2D eigenvalue weighted by molar-refractivity contribution is 7.07. The minimum Gasteiger partial charge on any atom is -0.434 e. The van der Waals surface area contributed by atoms with E-state index in [-0.39, 0.29) is 5.75 Å². The van der Waals surface area contributed by atoms with Gasteiger partial charge in [-0.05, 0) is 19.1 Å². The lowest BCUT2D eigenvalue weighted by Crippen LogP contribution is -2.06. The Balaban J connectivity index is 2.08. The zero-order valence-electron chi connectivity index (χ0n) is 9.69. The van der Waals surface area contributed by atoms with Crippen molar-refractivity contribution in [3.63, 3.8) is 0 Å². The van der Waals surface area contributed by atoms with E-state index in [1.807, 2.05) is 11.4 Å². The molecule has 1 aromatic heterocycles. The molecule has 2 rings (SSSR count). The first-order chi connectivity index (χ1) is 8.66. The molecule has 0 aliphatic carbocycles. The van der Waals surface area contributed by atoms with Crippen molar-refractivity contribution in [1.29, 1.82) is 0 Å². The van der Waals surface area contributed by atoms with E-state index in [9.17, 15) is 8.78 Å². The van der Waals surface area contributed by atoms with E-state index in [0.29, 0.717) is 12.1 Å². The van der Waals surface area contributed by atoms with Crippen molar-refractivity contribution in [2.24, 2.45) is 0 Å². The largest absolute Gasteiger partial charge is 0.434 e. The summed E-state index contributed by atoms with van der Waals surface area (Å²) in [6.45, 7) is -0.513. The first-order valence-electron chi connectivity index (χ1n) is 5.32. The van der Waals surface area contributed by atoms with Crippen molar-refractivity contribution >= 4 is 17.0 Å². The van der Waals surface area contributed by atoms with Gasteiger partial charge in [0.05, 0.1) is 17.7 Å². The van der Waals surface area contributed by atoms with E-state index in [2.05, 4.69) is 15.0 Å². The van der Waals surface area contributed by atoms with Gasteiger partial charge in [-0.3, -0.25) is 0 Å². The molecule has 96 valence electrons. The summed E-state index contributed by atoms with van der Waals surface area (Å²) in [5, 5.41) is 5.08. The fourth-order valence-electron chi connectivity index (χ4n) is 1.54. The maximum Gasteiger partial charge on any atom is 0.387 e. The molecule has 3 nitrogen and oxygen atoms in total. The molecule has 1 heterocycles. The average molecular weight is 270 g/mol. The number of halogens is 2. The third kappa shape index (κ3) is 3.16. The molecule has 1 aromatic carbocycles. The quantitative estimate of drug-likeness (QED) is 0.900. The van der Waals surface area contributed by atoms with Crippen LogP contribution in [0, 0.1) is 6.92 Å². The number of alkyl halides is 2. The molecule has 0 aliphatic heterocycles. The van der Waals surface area contributed by atoms with Crippen molar-refractivity contribution in [3.8, 4) is 5.75 Å². The van der Waals surface area contributed by atoms with Crippen molar-refractivity contribution < 1.29 is 13.5 Å². The predicted octanol–water partition coefficient (Wildman–Crippen LogP) is 3.67. The van der Waals surface area contributed by atoms with Gasteiger partial charge < -0.3 is 10.1 Å². The van der Waals surface area contributed by atoms with Crippen LogP contribution in [0.4, 0.5) is 14.5 Å². The van der Waals surface area contributed by atoms with E-state index >= 15 is 0 Å². The molecule has 0 saturated heterocycles. The smallest absolute Gasteiger partial charge is 0.387 e. The lowest BCUT2D eigenvalue weighted by atomic mass is 10.2. The topological polar surface area (TPSA) is 34.2 Å². The molecule has 0 atom stereocenters. The second kappa shape index (κ2) is 5.77. The van der Waals surface area contributed by atoms with Gasteiger partial charge in [-0.1, -0.05) is 6.07 Å². The van der Waals surface area contributed by atoms with Crippen molar-refractivity contribution in [2.45, 2.75) is 20.1 Å². The fourth-order valence-corrected chi connectivity index (χ4v) is 2.10.